The number of carbonyl (C=O) groups is 2. The summed E-state index contributed by atoms with van der Waals surface area (Å²) in [5, 5.41) is 0. The third-order valence-electron chi connectivity index (χ3n) is 9.12. The van der Waals surface area contributed by atoms with Gasteiger partial charge in [-0.2, -0.15) is 17.6 Å². The molecule has 384 valence electrons. The van der Waals surface area contributed by atoms with Gasteiger partial charge in [0.1, 0.15) is 23.0 Å². The van der Waals surface area contributed by atoms with E-state index >= 15 is 0 Å². The molecule has 10 heteroatoms. The smallest absolute Gasteiger partial charge is 0.426 e. The van der Waals surface area contributed by atoms with Gasteiger partial charge in [-0.05, 0) is 121 Å². The highest BCUT2D eigenvalue weighted by atomic mass is 19.3. The molecule has 0 fully saturated rings. The molecule has 70 heavy (non-hydrogen) atoms. The zero-order valence-electron chi connectivity index (χ0n) is 44.6. The third-order valence-corrected chi connectivity index (χ3v) is 9.12. The van der Waals surface area contributed by atoms with Crippen LogP contribution in [0.4, 0.5) is 17.6 Å². The molecular weight excluding hydrogens is 893 g/mol. The summed E-state index contributed by atoms with van der Waals surface area (Å²) in [5.74, 6) is -0.849. The average Bonchev–Trinajstić information content (AvgIpc) is 3.42. The first-order valence-electron chi connectivity index (χ1n) is 25.0. The third kappa shape index (κ3) is 22.8. The molecule has 0 bridgehead atoms. The summed E-state index contributed by atoms with van der Waals surface area (Å²) < 4.78 is 78.3. The second-order valence-electron chi connectivity index (χ2n) is 13.2. The average molecular weight is 973 g/mol. The number of hydrogen-bond acceptors (Lipinski definition) is 6. The van der Waals surface area contributed by atoms with Crippen LogP contribution in [0.15, 0.2) is 146 Å². The SMILES string of the molecule is CC.CC.CC.CC.CC.CC.CCc1ccc(C(=O)Oc2cccc(OC(=O)c3ccc(CC)cc3)c2)cc1.CCc1ccc(C(F)(F)Oc2cccc(OC(F)(F)c3ccc(CC)cc3)c2)cc1. The molecule has 0 N–H and O–H groups in total. The highest BCUT2D eigenvalue weighted by molar-refractivity contribution is 5.92. The summed E-state index contributed by atoms with van der Waals surface area (Å²) in [4.78, 5) is 24.6. The topological polar surface area (TPSA) is 71.1 Å². The van der Waals surface area contributed by atoms with Crippen molar-refractivity contribution >= 4 is 11.9 Å². The minimum Gasteiger partial charge on any atom is -0.429 e. The molecule has 0 amide bonds. The van der Waals surface area contributed by atoms with Crippen molar-refractivity contribution in [2.24, 2.45) is 0 Å². The normalized spacial score (nSPS) is 9.77. The number of hydrogen-bond donors (Lipinski definition) is 0. The van der Waals surface area contributed by atoms with Crippen LogP contribution in [0.25, 0.3) is 0 Å². The Morgan fingerprint density at radius 1 is 0.357 bits per heavy atom. The largest absolute Gasteiger partial charge is 0.429 e. The van der Waals surface area contributed by atoms with E-state index in [0.29, 0.717) is 22.6 Å². The van der Waals surface area contributed by atoms with Gasteiger partial charge in [0.05, 0.1) is 22.3 Å². The van der Waals surface area contributed by atoms with Crippen LogP contribution in [0.5, 0.6) is 23.0 Å². The van der Waals surface area contributed by atoms with E-state index in [-0.39, 0.29) is 22.6 Å². The lowest BCUT2D eigenvalue weighted by atomic mass is 10.1. The number of esters is 2. The Bertz CT molecular complexity index is 2100. The Kier molecular flexibility index (Phi) is 35.1. The zero-order chi connectivity index (χ0) is 53.7. The Labute approximate surface area is 418 Å². The summed E-state index contributed by atoms with van der Waals surface area (Å²) in [6, 6.07) is 37.4. The van der Waals surface area contributed by atoms with Crippen LogP contribution >= 0.6 is 0 Å². The summed E-state index contributed by atoms with van der Waals surface area (Å²) >= 11 is 0. The van der Waals surface area contributed by atoms with Crippen molar-refractivity contribution in [3.8, 4) is 23.0 Å². The molecule has 6 nitrogen and oxygen atoms in total. The number of aryl methyl sites for hydroxylation is 4. The van der Waals surface area contributed by atoms with E-state index in [1.165, 1.54) is 48.5 Å². The number of rotatable bonds is 14. The monoisotopic (exact) mass is 973 g/mol. The summed E-state index contributed by atoms with van der Waals surface area (Å²) in [7, 11) is 0. The lowest BCUT2D eigenvalue weighted by molar-refractivity contribution is -0.188. The van der Waals surface area contributed by atoms with Crippen molar-refractivity contribution in [2.45, 2.75) is 149 Å². The van der Waals surface area contributed by atoms with Crippen LogP contribution in [0.3, 0.4) is 0 Å². The maximum atomic E-state index is 14.5. The van der Waals surface area contributed by atoms with Crippen molar-refractivity contribution in [3.05, 3.63) is 190 Å². The standard InChI is InChI=1S/C24H22F4O2.C24H22O4.6C2H6/c1-3-17-8-12-19(13-9-17)23(25,26)29-21-6-5-7-22(16-21)30-24(27,28)20-14-10-18(4-2)11-15-20;1-3-17-8-12-19(13-9-17)23(25)27-21-6-5-7-22(16-21)28-24(26)20-14-10-18(4-2)11-15-20;6*1-2/h5-16H,3-4H2,1-2H3;5-16H,3-4H2,1-2H3;6*1-2H3. The molecule has 6 rings (SSSR count). The van der Waals surface area contributed by atoms with Crippen LogP contribution in [-0.2, 0) is 37.9 Å². The lowest BCUT2D eigenvalue weighted by Gasteiger charge is -2.21. The Morgan fingerprint density at radius 2 is 0.586 bits per heavy atom. The predicted molar refractivity (Wildman–Crippen MR) is 283 cm³/mol. The summed E-state index contributed by atoms with van der Waals surface area (Å²) in [6.45, 7) is 31.9. The highest BCUT2D eigenvalue weighted by Crippen LogP contribution is 2.36. The van der Waals surface area contributed by atoms with Gasteiger partial charge in [-0.15, -0.1) is 0 Å². The first kappa shape index (κ1) is 65.7. The first-order valence-corrected chi connectivity index (χ1v) is 25.0. The predicted octanol–water partition coefficient (Wildman–Crippen LogP) is 18.5. The van der Waals surface area contributed by atoms with Gasteiger partial charge in [-0.3, -0.25) is 0 Å². The van der Waals surface area contributed by atoms with Gasteiger partial charge < -0.3 is 18.9 Å². The van der Waals surface area contributed by atoms with Gasteiger partial charge in [0, 0.05) is 12.1 Å². The van der Waals surface area contributed by atoms with Crippen LogP contribution in [0, 0.1) is 0 Å². The van der Waals surface area contributed by atoms with Crippen molar-refractivity contribution in [1.82, 2.24) is 0 Å². The number of benzene rings is 6. The van der Waals surface area contributed by atoms with Crippen LogP contribution < -0.4 is 18.9 Å². The zero-order valence-corrected chi connectivity index (χ0v) is 44.6. The second kappa shape index (κ2) is 37.5. The first-order chi connectivity index (χ1) is 33.8. The number of halogens is 4. The maximum Gasteiger partial charge on any atom is 0.426 e. The van der Waals surface area contributed by atoms with Crippen LogP contribution in [0.2, 0.25) is 0 Å². The molecule has 0 aliphatic carbocycles. The van der Waals surface area contributed by atoms with E-state index in [2.05, 4.69) is 13.8 Å². The van der Waals surface area contributed by atoms with E-state index < -0.39 is 24.2 Å². The number of ether oxygens (including phenoxy) is 4. The van der Waals surface area contributed by atoms with Gasteiger partial charge >= 0.3 is 24.2 Å². The highest BCUT2D eigenvalue weighted by Gasteiger charge is 2.36. The molecule has 0 aromatic heterocycles. The molecule has 0 saturated carbocycles. The minimum absolute atomic E-state index is 0.283. The molecular formula is C60H80F4O6. The molecule has 6 aromatic carbocycles. The van der Waals surface area contributed by atoms with Gasteiger partial charge in [-0.25, -0.2) is 9.59 Å². The molecule has 0 radical (unpaired) electrons. The van der Waals surface area contributed by atoms with Crippen molar-refractivity contribution < 1.29 is 46.1 Å². The lowest BCUT2D eigenvalue weighted by Crippen LogP contribution is -2.23. The van der Waals surface area contributed by atoms with E-state index in [9.17, 15) is 27.2 Å². The van der Waals surface area contributed by atoms with Gasteiger partial charge in [-0.1, -0.05) is 171 Å². The van der Waals surface area contributed by atoms with E-state index in [1.807, 2.05) is 121 Å². The number of carbonyl (C=O) groups excluding carboxylic acids is 2. The molecule has 0 spiro atoms. The van der Waals surface area contributed by atoms with Gasteiger partial charge in [0.25, 0.3) is 0 Å². The Balaban J connectivity index is 0. The number of alkyl halides is 4. The maximum absolute atomic E-state index is 14.5. The van der Waals surface area contributed by atoms with Crippen LogP contribution in [0.1, 0.15) is 165 Å². The Hall–Kier alpha value is -6.42. The van der Waals surface area contributed by atoms with E-state index in [4.69, 9.17) is 18.9 Å². The molecule has 0 aliphatic rings. The van der Waals surface area contributed by atoms with Gasteiger partial charge in [0.2, 0.25) is 0 Å². The fourth-order valence-corrected chi connectivity index (χ4v) is 5.57. The fourth-order valence-electron chi connectivity index (χ4n) is 5.57. The molecule has 0 unspecified atom stereocenters. The molecule has 0 atom stereocenters. The summed E-state index contributed by atoms with van der Waals surface area (Å²) in [5.41, 5.74) is 4.42. The quantitative estimate of drug-likeness (QED) is 0.0615. The molecule has 0 saturated heterocycles. The van der Waals surface area contributed by atoms with Crippen molar-refractivity contribution in [1.29, 1.82) is 0 Å². The van der Waals surface area contributed by atoms with Crippen molar-refractivity contribution in [2.75, 3.05) is 0 Å². The van der Waals surface area contributed by atoms with Crippen LogP contribution in [-0.4, -0.2) is 11.9 Å². The van der Waals surface area contributed by atoms with E-state index in [1.54, 1.807) is 66.7 Å². The fraction of sp³-hybridized carbons (Fsp3) is 0.367. The molecule has 0 aliphatic heterocycles. The molecule has 6 aromatic rings. The van der Waals surface area contributed by atoms with E-state index in [0.717, 1.165) is 54.0 Å². The van der Waals surface area contributed by atoms with Crippen molar-refractivity contribution in [3.63, 3.8) is 0 Å². The van der Waals surface area contributed by atoms with Gasteiger partial charge in [0.15, 0.2) is 0 Å². The minimum atomic E-state index is -3.62. The Morgan fingerprint density at radius 3 is 0.843 bits per heavy atom. The summed E-state index contributed by atoms with van der Waals surface area (Å²) in [6.07, 6.45) is -3.98. The second-order valence-corrected chi connectivity index (χ2v) is 13.2. The molecule has 0 heterocycles.